The Bertz CT molecular complexity index is 828. The summed E-state index contributed by atoms with van der Waals surface area (Å²) < 4.78 is -1.00. The first-order chi connectivity index (χ1) is 14.0. The number of ketones is 1. The van der Waals surface area contributed by atoms with Gasteiger partial charge in [0.2, 0.25) is 4.62 Å². The van der Waals surface area contributed by atoms with Crippen molar-refractivity contribution >= 4 is 40.6 Å². The Kier molecular flexibility index (Phi) is 6.93. The van der Waals surface area contributed by atoms with Gasteiger partial charge in [-0.25, -0.2) is 0 Å². The van der Waals surface area contributed by atoms with Gasteiger partial charge in [0.05, 0.1) is 0 Å². The van der Waals surface area contributed by atoms with E-state index in [2.05, 4.69) is 79.7 Å². The van der Waals surface area contributed by atoms with E-state index in [-0.39, 0.29) is 11.7 Å². The Morgan fingerprint density at radius 1 is 0.793 bits per heavy atom. The zero-order chi connectivity index (χ0) is 20.9. The minimum absolute atomic E-state index is 0.130. The van der Waals surface area contributed by atoms with Crippen molar-refractivity contribution in [2.45, 2.75) is 38.2 Å². The van der Waals surface area contributed by atoms with E-state index in [4.69, 9.17) is 11.6 Å². The lowest BCUT2D eigenvalue weighted by atomic mass is 10.0. The molecule has 0 heterocycles. The summed E-state index contributed by atoms with van der Waals surface area (Å²) in [6, 6.07) is 31.3. The van der Waals surface area contributed by atoms with Gasteiger partial charge in [-0.2, -0.15) is 0 Å². The van der Waals surface area contributed by atoms with Gasteiger partial charge in [-0.05, 0) is 36.4 Å². The number of benzene rings is 3. The topological polar surface area (TPSA) is 17.1 Å². The fourth-order valence-electron chi connectivity index (χ4n) is 4.25. The van der Waals surface area contributed by atoms with E-state index in [9.17, 15) is 4.79 Å². The number of halogens is 1. The maximum Gasteiger partial charge on any atom is 0.223 e. The van der Waals surface area contributed by atoms with E-state index in [1.807, 2.05) is 32.0 Å². The maximum atomic E-state index is 13.8. The predicted octanol–water partition coefficient (Wildman–Crippen LogP) is 5.94. The molecule has 0 N–H and O–H groups in total. The summed E-state index contributed by atoms with van der Waals surface area (Å²) in [5.41, 5.74) is 0. The van der Waals surface area contributed by atoms with E-state index >= 15 is 0 Å². The molecule has 0 spiro atoms. The third-order valence-corrected chi connectivity index (χ3v) is 11.3. The van der Waals surface area contributed by atoms with Crippen LogP contribution in [0.25, 0.3) is 0 Å². The molecule has 0 aliphatic carbocycles. The molecule has 1 nitrogen and oxygen atoms in total. The molecule has 0 aliphatic rings. The van der Waals surface area contributed by atoms with Crippen LogP contribution in [0.1, 0.15) is 33.6 Å². The van der Waals surface area contributed by atoms with Crippen LogP contribution in [0.5, 0.6) is 0 Å². The van der Waals surface area contributed by atoms with Crippen molar-refractivity contribution in [2.75, 3.05) is 0 Å². The molecular weight excluding hydrogens is 395 g/mol. The van der Waals surface area contributed by atoms with Gasteiger partial charge in [-0.3, -0.25) is 4.79 Å². The minimum atomic E-state index is -2.49. The van der Waals surface area contributed by atoms with Gasteiger partial charge in [-0.15, -0.1) is 0 Å². The average Bonchev–Trinajstić information content (AvgIpc) is 2.76. The summed E-state index contributed by atoms with van der Waals surface area (Å²) in [6.07, 6.45) is 1.48. The Morgan fingerprint density at radius 2 is 1.14 bits per heavy atom. The lowest BCUT2D eigenvalue weighted by Crippen LogP contribution is -2.50. The summed E-state index contributed by atoms with van der Waals surface area (Å²) in [4.78, 5) is 13.8. The average molecular weight is 424 g/mol. The molecule has 0 radical (unpaired) electrons. The highest BCUT2D eigenvalue weighted by molar-refractivity contribution is 7.98. The van der Waals surface area contributed by atoms with Gasteiger partial charge in [0.15, 0.2) is 5.78 Å². The Morgan fingerprint density at radius 3 is 1.41 bits per heavy atom. The van der Waals surface area contributed by atoms with Crippen molar-refractivity contribution < 1.29 is 4.79 Å². The number of carbonyl (C=O) groups is 1. The first-order valence-corrected chi connectivity index (χ1v) is 12.4. The monoisotopic (exact) mass is 423 g/mol. The van der Waals surface area contributed by atoms with Crippen LogP contribution < -0.4 is 15.9 Å². The zero-order valence-corrected chi connectivity index (χ0v) is 19.0. The van der Waals surface area contributed by atoms with Gasteiger partial charge in [0.1, 0.15) is 23.2 Å². The van der Waals surface area contributed by atoms with Crippen LogP contribution in [-0.4, -0.2) is 10.4 Å². The highest BCUT2D eigenvalue weighted by Crippen LogP contribution is 2.70. The summed E-state index contributed by atoms with van der Waals surface area (Å²) in [5.74, 6) is -0.0135. The summed E-state index contributed by atoms with van der Waals surface area (Å²) in [7, 11) is -2.49. The smallest absolute Gasteiger partial charge is 0.223 e. The number of Topliss-reactive ketones (excluding diaryl/α,β-unsaturated/α-hetero) is 1. The normalized spacial score (nSPS) is 13.8. The van der Waals surface area contributed by atoms with Crippen LogP contribution in [0.15, 0.2) is 91.0 Å². The number of hydrogen-bond acceptors (Lipinski definition) is 1. The maximum absolute atomic E-state index is 13.8. The molecule has 0 bridgehead atoms. The minimum Gasteiger partial charge on any atom is -0.293 e. The van der Waals surface area contributed by atoms with Crippen LogP contribution in [0.3, 0.4) is 0 Å². The molecule has 0 amide bonds. The van der Waals surface area contributed by atoms with Crippen LogP contribution in [0.4, 0.5) is 0 Å². The lowest BCUT2D eigenvalue weighted by Gasteiger charge is -2.40. The van der Waals surface area contributed by atoms with Crippen molar-refractivity contribution in [1.29, 1.82) is 0 Å². The van der Waals surface area contributed by atoms with Gasteiger partial charge < -0.3 is 0 Å². The largest absolute Gasteiger partial charge is 0.293 e. The molecule has 3 rings (SSSR count). The first kappa shape index (κ1) is 21.8. The highest BCUT2D eigenvalue weighted by Gasteiger charge is 2.65. The van der Waals surface area contributed by atoms with Gasteiger partial charge in [-0.1, -0.05) is 93.4 Å². The van der Waals surface area contributed by atoms with Crippen LogP contribution in [0, 0.1) is 5.92 Å². The third-order valence-electron chi connectivity index (χ3n) is 5.45. The van der Waals surface area contributed by atoms with Gasteiger partial charge >= 0.3 is 0 Å². The van der Waals surface area contributed by atoms with Crippen LogP contribution in [0.2, 0.25) is 0 Å². The van der Waals surface area contributed by atoms with Crippen molar-refractivity contribution in [3.8, 4) is 0 Å². The molecule has 0 aromatic heterocycles. The fraction of sp³-hybridized carbons (Fsp3) is 0.269. The molecule has 1 atom stereocenters. The number of alkyl halides is 1. The molecule has 3 aromatic rings. The van der Waals surface area contributed by atoms with E-state index in [0.717, 1.165) is 22.3 Å². The van der Waals surface area contributed by atoms with Crippen molar-refractivity contribution in [2.24, 2.45) is 5.92 Å². The fourth-order valence-corrected chi connectivity index (χ4v) is 10.7. The van der Waals surface area contributed by atoms with Crippen molar-refractivity contribution in [3.05, 3.63) is 91.0 Å². The third kappa shape index (κ3) is 3.79. The molecule has 0 saturated heterocycles. The summed E-state index contributed by atoms with van der Waals surface area (Å²) in [5, 5.41) is 3.44. The molecule has 0 aliphatic heterocycles. The molecule has 3 heteroatoms. The molecule has 0 saturated carbocycles. The second-order valence-electron chi connectivity index (χ2n) is 7.71. The number of rotatable bonds is 8. The molecular formula is C26H29ClOP+. The van der Waals surface area contributed by atoms with Crippen LogP contribution in [-0.2, 0) is 4.79 Å². The van der Waals surface area contributed by atoms with E-state index in [1.165, 1.54) is 0 Å². The molecule has 0 fully saturated rings. The zero-order valence-electron chi connectivity index (χ0n) is 17.4. The Balaban J connectivity index is 2.50. The second-order valence-corrected chi connectivity index (χ2v) is 12.3. The van der Waals surface area contributed by atoms with Crippen molar-refractivity contribution in [1.82, 2.24) is 0 Å². The van der Waals surface area contributed by atoms with Crippen molar-refractivity contribution in [3.63, 3.8) is 0 Å². The number of carbonyl (C=O) groups excluding carboxylic acids is 1. The SMILES string of the molecule is CCCC(Cl)(C(=O)C(C)C)[P+](c1ccccc1)(c1ccccc1)c1ccccc1. The molecule has 150 valence electrons. The highest BCUT2D eigenvalue weighted by atomic mass is 35.5. The van der Waals surface area contributed by atoms with E-state index in [0.29, 0.717) is 6.42 Å². The quantitative estimate of drug-likeness (QED) is 0.323. The predicted molar refractivity (Wildman–Crippen MR) is 128 cm³/mol. The van der Waals surface area contributed by atoms with Gasteiger partial charge in [0.25, 0.3) is 0 Å². The van der Waals surface area contributed by atoms with E-state index < -0.39 is 11.9 Å². The second kappa shape index (κ2) is 9.24. The molecule has 3 aromatic carbocycles. The lowest BCUT2D eigenvalue weighted by molar-refractivity contribution is -0.122. The summed E-state index contributed by atoms with van der Waals surface area (Å²) >= 11 is 7.61. The Hall–Kier alpha value is -1.95. The first-order valence-electron chi connectivity index (χ1n) is 10.3. The summed E-state index contributed by atoms with van der Waals surface area (Å²) in [6.45, 7) is 6.04. The molecule has 1 unspecified atom stereocenters. The van der Waals surface area contributed by atoms with Gasteiger partial charge in [0, 0.05) is 12.3 Å². The van der Waals surface area contributed by atoms with E-state index in [1.54, 1.807) is 0 Å². The van der Waals surface area contributed by atoms with Crippen LogP contribution >= 0.6 is 18.9 Å². The molecule has 29 heavy (non-hydrogen) atoms. The number of hydrogen-bond donors (Lipinski definition) is 0. The standard InChI is InChI=1S/C26H29ClOP/c1-4-20-26(27,25(28)21(2)3)29(22-14-8-5-9-15-22,23-16-10-6-11-17-23)24-18-12-7-13-19-24/h5-19,21H,4,20H2,1-3H3/q+1. The Labute approximate surface area is 180 Å².